The molecule has 0 unspecified atom stereocenters. The van der Waals surface area contributed by atoms with Gasteiger partial charge in [0.25, 0.3) is 0 Å². The maximum atomic E-state index is 3.99. The number of aryl methyl sites for hydroxylation is 2. The van der Waals surface area contributed by atoms with E-state index in [1.54, 1.807) is 0 Å². The second-order valence-corrected chi connectivity index (χ2v) is 15.7. The Labute approximate surface area is 287 Å². The van der Waals surface area contributed by atoms with Crippen molar-refractivity contribution in [2.75, 3.05) is 4.90 Å². The summed E-state index contributed by atoms with van der Waals surface area (Å²) in [5.41, 5.74) is 14.4. The number of rotatable bonds is 4. The van der Waals surface area contributed by atoms with Crippen LogP contribution in [0.5, 0.6) is 0 Å². The number of benzene rings is 7. The predicted octanol–water partition coefficient (Wildman–Crippen LogP) is 14.0. The van der Waals surface area contributed by atoms with Crippen molar-refractivity contribution in [3.8, 4) is 11.1 Å². The van der Waals surface area contributed by atoms with E-state index in [1.165, 1.54) is 98.4 Å². The first-order chi connectivity index (χ1) is 22.5. The van der Waals surface area contributed by atoms with E-state index in [1.807, 2.05) is 0 Å². The molecule has 7 aromatic rings. The Morgan fingerprint density at radius 1 is 0.532 bits per heavy atom. The summed E-state index contributed by atoms with van der Waals surface area (Å²) in [6, 6.07) is 37.0. The minimum absolute atomic E-state index is 0.171. The van der Waals surface area contributed by atoms with Crippen LogP contribution in [-0.4, -0.2) is 0 Å². The Morgan fingerprint density at radius 2 is 1.15 bits per heavy atom. The summed E-state index contributed by atoms with van der Waals surface area (Å²) in [6.07, 6.45) is 0. The highest BCUT2D eigenvalue weighted by Gasteiger charge is 2.38. The van der Waals surface area contributed by atoms with E-state index in [9.17, 15) is 0 Å². The van der Waals surface area contributed by atoms with Gasteiger partial charge in [0.05, 0.1) is 17.1 Å². The number of anilines is 3. The Hall–Kier alpha value is -4.14. The van der Waals surface area contributed by atoms with Gasteiger partial charge in [0.1, 0.15) is 0 Å². The van der Waals surface area contributed by atoms with Crippen LogP contribution in [-0.2, 0) is 5.41 Å². The number of nitrogens with zero attached hydrogens (tertiary/aromatic N) is 1. The molecule has 234 valence electrons. The first kappa shape index (κ1) is 30.2. The second-order valence-electron chi connectivity index (χ2n) is 14.8. The SMILES string of the molecule is Cc1ccccc1-c1cc2c(cc1C)N(c1ccc3cc(C(C)C)c4c(Br)ccc5cc(C(C)C)c1c3c54)c1ccccc1C2(C)C. The lowest BCUT2D eigenvalue weighted by Gasteiger charge is -2.43. The number of fused-ring (bicyclic) bond motifs is 2. The molecule has 0 saturated heterocycles. The molecule has 1 heterocycles. The zero-order valence-electron chi connectivity index (χ0n) is 28.7. The maximum Gasteiger partial charge on any atom is 0.0543 e. The van der Waals surface area contributed by atoms with Gasteiger partial charge < -0.3 is 4.90 Å². The zero-order valence-corrected chi connectivity index (χ0v) is 30.3. The highest BCUT2D eigenvalue weighted by Crippen LogP contribution is 2.56. The molecule has 0 N–H and O–H groups in total. The fourth-order valence-corrected chi connectivity index (χ4v) is 8.97. The van der Waals surface area contributed by atoms with Crippen LogP contribution < -0.4 is 4.90 Å². The van der Waals surface area contributed by atoms with E-state index >= 15 is 0 Å². The van der Waals surface area contributed by atoms with E-state index in [4.69, 9.17) is 0 Å². The Kier molecular flexibility index (Phi) is 6.87. The lowest BCUT2D eigenvalue weighted by molar-refractivity contribution is 0.632. The molecule has 1 nitrogen and oxygen atoms in total. The van der Waals surface area contributed by atoms with E-state index in [-0.39, 0.29) is 5.41 Å². The first-order valence-electron chi connectivity index (χ1n) is 17.0. The second kappa shape index (κ2) is 10.7. The third-order valence-electron chi connectivity index (χ3n) is 10.8. The van der Waals surface area contributed by atoms with E-state index in [0.717, 1.165) is 0 Å². The first-order valence-corrected chi connectivity index (χ1v) is 17.8. The van der Waals surface area contributed by atoms with Crippen molar-refractivity contribution in [1.82, 2.24) is 0 Å². The van der Waals surface area contributed by atoms with Crippen LogP contribution in [0, 0.1) is 13.8 Å². The molecule has 1 aliphatic heterocycles. The summed E-state index contributed by atoms with van der Waals surface area (Å²) in [5.74, 6) is 0.773. The van der Waals surface area contributed by atoms with Gasteiger partial charge in [-0.15, -0.1) is 0 Å². The molecule has 0 atom stereocenters. The third-order valence-corrected chi connectivity index (χ3v) is 11.5. The number of hydrogen-bond donors (Lipinski definition) is 0. The largest absolute Gasteiger partial charge is 0.309 e. The minimum Gasteiger partial charge on any atom is -0.309 e. The quantitative estimate of drug-likeness (QED) is 0.168. The molecule has 0 amide bonds. The standard InChI is InChI=1S/C45H42BrN/c1-25(2)32-22-30-18-20-39(44-33(26(3)4)23-29-17-19-37(46)43(32)41(29)42(30)44)47-38-16-12-11-15-35(38)45(7,8)36-24-34(28(6)21-40(36)47)31-14-10-9-13-27(31)5/h9-26H,1-8H3. The molecule has 1 aliphatic rings. The van der Waals surface area contributed by atoms with Crippen molar-refractivity contribution in [2.24, 2.45) is 0 Å². The predicted molar refractivity (Wildman–Crippen MR) is 208 cm³/mol. The highest BCUT2D eigenvalue weighted by molar-refractivity contribution is 9.10. The smallest absolute Gasteiger partial charge is 0.0543 e. The molecule has 0 saturated carbocycles. The van der Waals surface area contributed by atoms with Crippen molar-refractivity contribution in [3.63, 3.8) is 0 Å². The molecule has 2 heteroatoms. The number of halogens is 1. The summed E-state index contributed by atoms with van der Waals surface area (Å²) < 4.78 is 1.18. The Morgan fingerprint density at radius 3 is 1.85 bits per heavy atom. The van der Waals surface area contributed by atoms with Crippen molar-refractivity contribution in [3.05, 3.63) is 135 Å². The van der Waals surface area contributed by atoms with Gasteiger partial charge in [-0.3, -0.25) is 0 Å². The van der Waals surface area contributed by atoms with Gasteiger partial charge in [0, 0.05) is 20.7 Å². The molecule has 0 aromatic heterocycles. The van der Waals surface area contributed by atoms with E-state index < -0.39 is 0 Å². The Bertz CT molecular complexity index is 2370. The molecule has 8 rings (SSSR count). The fourth-order valence-electron chi connectivity index (χ4n) is 8.41. The monoisotopic (exact) mass is 675 g/mol. The van der Waals surface area contributed by atoms with Gasteiger partial charge in [0.15, 0.2) is 0 Å². The van der Waals surface area contributed by atoms with Gasteiger partial charge in [-0.2, -0.15) is 0 Å². The fraction of sp³-hybridized carbons (Fsp3) is 0.244. The van der Waals surface area contributed by atoms with Gasteiger partial charge in [0.2, 0.25) is 0 Å². The Balaban J connectivity index is 1.52. The molecule has 0 aliphatic carbocycles. The molecule has 7 aromatic carbocycles. The van der Waals surface area contributed by atoms with Crippen LogP contribution >= 0.6 is 15.9 Å². The lowest BCUT2D eigenvalue weighted by Crippen LogP contribution is -2.31. The van der Waals surface area contributed by atoms with Crippen molar-refractivity contribution in [1.29, 1.82) is 0 Å². The van der Waals surface area contributed by atoms with Crippen LogP contribution in [0.1, 0.15) is 86.8 Å². The average molecular weight is 677 g/mol. The lowest BCUT2D eigenvalue weighted by atomic mass is 9.72. The molecular formula is C45H42BrN. The van der Waals surface area contributed by atoms with Crippen molar-refractivity contribution < 1.29 is 0 Å². The minimum atomic E-state index is -0.171. The maximum absolute atomic E-state index is 3.99. The third kappa shape index (κ3) is 4.34. The molecule has 0 radical (unpaired) electrons. The van der Waals surface area contributed by atoms with Gasteiger partial charge in [-0.05, 0) is 122 Å². The summed E-state index contributed by atoms with van der Waals surface area (Å²) in [7, 11) is 0. The van der Waals surface area contributed by atoms with Crippen LogP contribution in [0.15, 0.2) is 102 Å². The van der Waals surface area contributed by atoms with Crippen LogP contribution in [0.2, 0.25) is 0 Å². The van der Waals surface area contributed by atoms with Crippen LogP contribution in [0.3, 0.4) is 0 Å². The molecule has 0 bridgehead atoms. The van der Waals surface area contributed by atoms with Gasteiger partial charge in [-0.1, -0.05) is 124 Å². The normalized spacial score (nSPS) is 14.1. The number of para-hydroxylation sites is 1. The van der Waals surface area contributed by atoms with Crippen molar-refractivity contribution in [2.45, 2.75) is 72.6 Å². The van der Waals surface area contributed by atoms with Crippen molar-refractivity contribution >= 4 is 65.3 Å². The number of hydrogen-bond acceptors (Lipinski definition) is 1. The zero-order chi connectivity index (χ0) is 32.9. The summed E-state index contributed by atoms with van der Waals surface area (Å²) in [6.45, 7) is 18.6. The van der Waals surface area contributed by atoms with Gasteiger partial charge >= 0.3 is 0 Å². The van der Waals surface area contributed by atoms with E-state index in [0.29, 0.717) is 11.8 Å². The topological polar surface area (TPSA) is 3.24 Å². The molecule has 47 heavy (non-hydrogen) atoms. The highest BCUT2D eigenvalue weighted by atomic mass is 79.9. The summed E-state index contributed by atoms with van der Waals surface area (Å²) in [5, 5.41) is 8.11. The molecule has 0 spiro atoms. The van der Waals surface area contributed by atoms with Crippen LogP contribution in [0.4, 0.5) is 17.1 Å². The summed E-state index contributed by atoms with van der Waals surface area (Å²) in [4.78, 5) is 2.58. The summed E-state index contributed by atoms with van der Waals surface area (Å²) >= 11 is 3.99. The van der Waals surface area contributed by atoms with E-state index in [2.05, 4.69) is 173 Å². The molecule has 0 fully saturated rings. The molecular weight excluding hydrogens is 634 g/mol. The van der Waals surface area contributed by atoms with Gasteiger partial charge in [-0.25, -0.2) is 0 Å². The van der Waals surface area contributed by atoms with Crippen LogP contribution in [0.25, 0.3) is 43.4 Å². The average Bonchev–Trinajstić information content (AvgIpc) is 3.04.